The van der Waals surface area contributed by atoms with Gasteiger partial charge in [-0.05, 0) is 26.2 Å². The van der Waals surface area contributed by atoms with Gasteiger partial charge in [-0.3, -0.25) is 4.79 Å². The maximum atomic E-state index is 12.8. The number of nitrogen functional groups attached to an aromatic ring is 1. The molecule has 7 nitrogen and oxygen atoms in total. The number of hydrogen-bond acceptors (Lipinski definition) is 6. The van der Waals surface area contributed by atoms with Crippen molar-refractivity contribution >= 4 is 11.9 Å². The van der Waals surface area contributed by atoms with Gasteiger partial charge in [0.1, 0.15) is 0 Å². The van der Waals surface area contributed by atoms with E-state index in [4.69, 9.17) is 5.73 Å². The molecule has 136 valence electrons. The summed E-state index contributed by atoms with van der Waals surface area (Å²) in [5.41, 5.74) is 6.00. The predicted octanol–water partition coefficient (Wildman–Crippen LogP) is 1.18. The molecule has 0 fully saturated rings. The Morgan fingerprint density at radius 1 is 0.875 bits per heavy atom. The topological polar surface area (TPSA) is 78.6 Å². The van der Waals surface area contributed by atoms with E-state index >= 15 is 0 Å². The zero-order valence-electron chi connectivity index (χ0n) is 15.5. The smallest absolute Gasteiger partial charge is 0.257 e. The van der Waals surface area contributed by atoms with E-state index < -0.39 is 0 Å². The second-order valence-electron chi connectivity index (χ2n) is 5.68. The van der Waals surface area contributed by atoms with Crippen molar-refractivity contribution < 1.29 is 4.79 Å². The highest BCUT2D eigenvalue weighted by Crippen LogP contribution is 2.05. The van der Waals surface area contributed by atoms with E-state index in [2.05, 4.69) is 47.5 Å². The van der Waals surface area contributed by atoms with Crippen molar-refractivity contribution in [3.8, 4) is 0 Å². The van der Waals surface area contributed by atoms with E-state index in [1.54, 1.807) is 0 Å². The molecule has 0 aromatic carbocycles. The highest BCUT2D eigenvalue weighted by Gasteiger charge is 2.18. The summed E-state index contributed by atoms with van der Waals surface area (Å²) in [6, 6.07) is 0. The standard InChI is InChI=1S/C17H32N6O/c1-5-21(6-2)9-11-23(12-10-22(7-3)8-4)16(24)15-13-19-17(18)20-14-15/h13-14H,5-12H2,1-4H3,(H2,18,19,20). The fourth-order valence-corrected chi connectivity index (χ4v) is 2.55. The molecule has 0 saturated carbocycles. The molecule has 1 aromatic heterocycles. The molecule has 24 heavy (non-hydrogen) atoms. The minimum Gasteiger partial charge on any atom is -0.368 e. The Morgan fingerprint density at radius 2 is 1.29 bits per heavy atom. The summed E-state index contributed by atoms with van der Waals surface area (Å²) in [6.45, 7) is 15.6. The summed E-state index contributed by atoms with van der Waals surface area (Å²) < 4.78 is 0. The molecule has 0 saturated heterocycles. The van der Waals surface area contributed by atoms with Gasteiger partial charge >= 0.3 is 0 Å². The highest BCUT2D eigenvalue weighted by molar-refractivity contribution is 5.93. The van der Waals surface area contributed by atoms with Crippen LogP contribution in [0.1, 0.15) is 38.1 Å². The summed E-state index contributed by atoms with van der Waals surface area (Å²) in [5.74, 6) is 0.152. The van der Waals surface area contributed by atoms with Crippen molar-refractivity contribution in [2.24, 2.45) is 0 Å². The monoisotopic (exact) mass is 336 g/mol. The molecule has 0 unspecified atom stereocenters. The fraction of sp³-hybridized carbons (Fsp3) is 0.706. The van der Waals surface area contributed by atoms with E-state index in [-0.39, 0.29) is 11.9 Å². The molecule has 0 atom stereocenters. The van der Waals surface area contributed by atoms with Gasteiger partial charge in [0.2, 0.25) is 5.95 Å². The first-order valence-electron chi connectivity index (χ1n) is 8.87. The van der Waals surface area contributed by atoms with Crippen molar-refractivity contribution in [2.45, 2.75) is 27.7 Å². The van der Waals surface area contributed by atoms with E-state index in [1.807, 2.05) is 4.90 Å². The summed E-state index contributed by atoms with van der Waals surface area (Å²) in [5, 5.41) is 0. The highest BCUT2D eigenvalue weighted by atomic mass is 16.2. The molecule has 0 radical (unpaired) electrons. The Hall–Kier alpha value is -1.73. The van der Waals surface area contributed by atoms with Gasteiger partial charge in [-0.15, -0.1) is 0 Å². The number of nitrogens with two attached hydrogens (primary N) is 1. The number of hydrogen-bond donors (Lipinski definition) is 1. The lowest BCUT2D eigenvalue weighted by atomic mass is 10.2. The SMILES string of the molecule is CCN(CC)CCN(CCN(CC)CC)C(=O)c1cnc(N)nc1. The van der Waals surface area contributed by atoms with Gasteiger partial charge in [0, 0.05) is 38.6 Å². The van der Waals surface area contributed by atoms with Gasteiger partial charge < -0.3 is 20.4 Å². The zero-order valence-corrected chi connectivity index (χ0v) is 15.5. The van der Waals surface area contributed by atoms with Crippen LogP contribution in [0.3, 0.4) is 0 Å². The van der Waals surface area contributed by atoms with Gasteiger partial charge in [0.25, 0.3) is 5.91 Å². The largest absolute Gasteiger partial charge is 0.368 e. The van der Waals surface area contributed by atoms with Gasteiger partial charge in [0.15, 0.2) is 0 Å². The number of amides is 1. The maximum Gasteiger partial charge on any atom is 0.257 e. The molecule has 1 heterocycles. The molecule has 1 rings (SSSR count). The molecule has 0 aliphatic heterocycles. The van der Waals surface area contributed by atoms with Crippen molar-refractivity contribution in [3.63, 3.8) is 0 Å². The first-order valence-corrected chi connectivity index (χ1v) is 8.87. The van der Waals surface area contributed by atoms with Crippen LogP contribution in [0.2, 0.25) is 0 Å². The van der Waals surface area contributed by atoms with E-state index in [0.29, 0.717) is 18.7 Å². The first kappa shape index (κ1) is 20.3. The molecular formula is C17H32N6O. The van der Waals surface area contributed by atoms with Gasteiger partial charge in [-0.2, -0.15) is 0 Å². The van der Waals surface area contributed by atoms with E-state index in [1.165, 1.54) is 12.4 Å². The van der Waals surface area contributed by atoms with Crippen LogP contribution in [0.5, 0.6) is 0 Å². The zero-order chi connectivity index (χ0) is 17.9. The van der Waals surface area contributed by atoms with Crippen LogP contribution in [-0.4, -0.2) is 82.9 Å². The Balaban J connectivity index is 2.78. The van der Waals surface area contributed by atoms with Gasteiger partial charge in [0.05, 0.1) is 5.56 Å². The van der Waals surface area contributed by atoms with Crippen molar-refractivity contribution in [3.05, 3.63) is 18.0 Å². The number of anilines is 1. The molecular weight excluding hydrogens is 304 g/mol. The third-order valence-electron chi connectivity index (χ3n) is 4.37. The predicted molar refractivity (Wildman–Crippen MR) is 97.9 cm³/mol. The van der Waals surface area contributed by atoms with Crippen molar-refractivity contribution in [1.29, 1.82) is 0 Å². The van der Waals surface area contributed by atoms with Crippen LogP contribution in [0.25, 0.3) is 0 Å². The Morgan fingerprint density at radius 3 is 1.67 bits per heavy atom. The van der Waals surface area contributed by atoms with Crippen LogP contribution in [0.4, 0.5) is 5.95 Å². The molecule has 0 spiro atoms. The number of aromatic nitrogens is 2. The number of carbonyl (C=O) groups is 1. The molecule has 2 N–H and O–H groups in total. The molecule has 1 amide bonds. The second kappa shape index (κ2) is 10.9. The number of nitrogens with zero attached hydrogens (tertiary/aromatic N) is 5. The van der Waals surface area contributed by atoms with Crippen LogP contribution in [0.15, 0.2) is 12.4 Å². The third-order valence-corrected chi connectivity index (χ3v) is 4.37. The molecule has 1 aromatic rings. The Kier molecular flexibility index (Phi) is 9.26. The number of likely N-dealkylation sites (N-methyl/N-ethyl adjacent to an activating group) is 2. The van der Waals surface area contributed by atoms with Crippen LogP contribution in [-0.2, 0) is 0 Å². The summed E-state index contributed by atoms with van der Waals surface area (Å²) in [7, 11) is 0. The van der Waals surface area contributed by atoms with Crippen molar-refractivity contribution in [1.82, 2.24) is 24.7 Å². The summed E-state index contributed by atoms with van der Waals surface area (Å²) >= 11 is 0. The third kappa shape index (κ3) is 6.41. The molecule has 7 heteroatoms. The lowest BCUT2D eigenvalue weighted by Crippen LogP contribution is -2.43. The second-order valence-corrected chi connectivity index (χ2v) is 5.68. The fourth-order valence-electron chi connectivity index (χ4n) is 2.55. The average molecular weight is 336 g/mol. The minimum absolute atomic E-state index is 0.0330. The summed E-state index contributed by atoms with van der Waals surface area (Å²) in [4.78, 5) is 27.2. The first-order chi connectivity index (χ1) is 11.5. The average Bonchev–Trinajstić information content (AvgIpc) is 2.61. The Labute approximate surface area is 145 Å². The van der Waals surface area contributed by atoms with Crippen LogP contribution >= 0.6 is 0 Å². The van der Waals surface area contributed by atoms with E-state index in [0.717, 1.165) is 39.3 Å². The lowest BCUT2D eigenvalue weighted by Gasteiger charge is -2.28. The normalized spacial score (nSPS) is 11.2. The van der Waals surface area contributed by atoms with Crippen molar-refractivity contribution in [2.75, 3.05) is 58.1 Å². The van der Waals surface area contributed by atoms with Gasteiger partial charge in [-0.1, -0.05) is 27.7 Å². The Bertz CT molecular complexity index is 454. The quantitative estimate of drug-likeness (QED) is 0.654. The number of carbonyl (C=O) groups excluding carboxylic acids is 1. The molecule has 0 aliphatic carbocycles. The van der Waals surface area contributed by atoms with E-state index in [9.17, 15) is 4.79 Å². The lowest BCUT2D eigenvalue weighted by molar-refractivity contribution is 0.0717. The summed E-state index contributed by atoms with van der Waals surface area (Å²) in [6.07, 6.45) is 3.01. The van der Waals surface area contributed by atoms with Crippen LogP contribution in [0, 0.1) is 0 Å². The number of rotatable bonds is 11. The van der Waals surface area contributed by atoms with Gasteiger partial charge in [-0.25, -0.2) is 9.97 Å². The minimum atomic E-state index is -0.0330. The maximum absolute atomic E-state index is 12.8. The molecule has 0 aliphatic rings. The van der Waals surface area contributed by atoms with Crippen LogP contribution < -0.4 is 5.73 Å². The molecule has 0 bridgehead atoms.